The van der Waals surface area contributed by atoms with Crippen LogP contribution in [0.25, 0.3) is 10.6 Å². The molecule has 0 bridgehead atoms. The SMILES string of the molecule is CN(C)CC1(COc2ccc(-c3ncc(CN)s3)cc2)CCC1. The minimum Gasteiger partial charge on any atom is -0.493 e. The average molecular weight is 331 g/mol. The maximum atomic E-state index is 6.07. The Labute approximate surface area is 142 Å². The van der Waals surface area contributed by atoms with Crippen LogP contribution in [0.5, 0.6) is 5.75 Å². The van der Waals surface area contributed by atoms with Gasteiger partial charge in [0.05, 0.1) is 6.61 Å². The average Bonchev–Trinajstić information content (AvgIpc) is 2.99. The third-order valence-electron chi connectivity index (χ3n) is 4.47. The van der Waals surface area contributed by atoms with Crippen molar-refractivity contribution in [1.82, 2.24) is 9.88 Å². The summed E-state index contributed by atoms with van der Waals surface area (Å²) >= 11 is 1.65. The fourth-order valence-electron chi connectivity index (χ4n) is 3.16. The Morgan fingerprint density at radius 2 is 2.00 bits per heavy atom. The lowest BCUT2D eigenvalue weighted by Gasteiger charge is -2.43. The van der Waals surface area contributed by atoms with E-state index < -0.39 is 0 Å². The first-order valence-electron chi connectivity index (χ1n) is 8.13. The van der Waals surface area contributed by atoms with Gasteiger partial charge in [-0.1, -0.05) is 6.42 Å². The Kier molecular flexibility index (Phi) is 4.99. The topological polar surface area (TPSA) is 51.4 Å². The third-order valence-corrected chi connectivity index (χ3v) is 5.54. The first-order valence-corrected chi connectivity index (χ1v) is 8.95. The lowest BCUT2D eigenvalue weighted by molar-refractivity contribution is 0.0315. The molecule has 1 saturated carbocycles. The van der Waals surface area contributed by atoms with Crippen LogP contribution in [0.2, 0.25) is 0 Å². The van der Waals surface area contributed by atoms with Crippen molar-refractivity contribution in [1.29, 1.82) is 0 Å². The normalized spacial score (nSPS) is 16.3. The number of ether oxygens (including phenoxy) is 1. The number of thiazole rings is 1. The van der Waals surface area contributed by atoms with E-state index in [1.165, 1.54) is 19.3 Å². The molecular formula is C18H25N3OS. The third kappa shape index (κ3) is 3.91. The minimum atomic E-state index is 0.341. The zero-order valence-corrected chi connectivity index (χ0v) is 14.7. The van der Waals surface area contributed by atoms with Crippen LogP contribution in [0, 0.1) is 5.41 Å². The summed E-state index contributed by atoms with van der Waals surface area (Å²) in [4.78, 5) is 7.79. The quantitative estimate of drug-likeness (QED) is 0.845. The van der Waals surface area contributed by atoms with Crippen LogP contribution < -0.4 is 10.5 Å². The maximum Gasteiger partial charge on any atom is 0.123 e. The molecule has 1 fully saturated rings. The number of hydrogen-bond acceptors (Lipinski definition) is 5. The monoisotopic (exact) mass is 331 g/mol. The second-order valence-corrected chi connectivity index (χ2v) is 7.86. The molecule has 5 heteroatoms. The first-order chi connectivity index (χ1) is 11.1. The molecule has 23 heavy (non-hydrogen) atoms. The molecule has 1 aliphatic carbocycles. The van der Waals surface area contributed by atoms with Crippen molar-refractivity contribution in [2.24, 2.45) is 11.1 Å². The standard InChI is InChI=1S/C18H25N3OS/c1-21(2)12-18(8-3-9-18)13-22-15-6-4-14(5-7-15)17-20-11-16(10-19)23-17/h4-7,11H,3,8-10,12-13,19H2,1-2H3. The molecule has 3 rings (SSSR count). The highest BCUT2D eigenvalue weighted by Crippen LogP contribution is 2.41. The highest BCUT2D eigenvalue weighted by atomic mass is 32.1. The van der Waals surface area contributed by atoms with Gasteiger partial charge in [0.2, 0.25) is 0 Å². The molecule has 0 amide bonds. The predicted octanol–water partition coefficient (Wildman–Crippen LogP) is 3.38. The summed E-state index contributed by atoms with van der Waals surface area (Å²) in [5.74, 6) is 0.939. The molecule has 2 aromatic rings. The van der Waals surface area contributed by atoms with Crippen LogP contribution in [0.4, 0.5) is 0 Å². The molecule has 1 heterocycles. The Balaban J connectivity index is 1.61. The van der Waals surface area contributed by atoms with Gasteiger partial charge in [-0.3, -0.25) is 0 Å². The van der Waals surface area contributed by atoms with Crippen LogP contribution in [-0.2, 0) is 6.54 Å². The van der Waals surface area contributed by atoms with E-state index in [-0.39, 0.29) is 0 Å². The number of aromatic nitrogens is 1. The van der Waals surface area contributed by atoms with Crippen molar-refractivity contribution in [3.63, 3.8) is 0 Å². The number of hydrogen-bond donors (Lipinski definition) is 1. The largest absolute Gasteiger partial charge is 0.493 e. The molecule has 124 valence electrons. The minimum absolute atomic E-state index is 0.341. The van der Waals surface area contributed by atoms with Gasteiger partial charge < -0.3 is 15.4 Å². The number of nitrogens with zero attached hydrogens (tertiary/aromatic N) is 2. The zero-order valence-electron chi connectivity index (χ0n) is 13.9. The smallest absolute Gasteiger partial charge is 0.123 e. The van der Waals surface area contributed by atoms with Crippen LogP contribution in [0.3, 0.4) is 0 Å². The van der Waals surface area contributed by atoms with Gasteiger partial charge in [0.15, 0.2) is 0 Å². The van der Waals surface area contributed by atoms with Gasteiger partial charge in [0.25, 0.3) is 0 Å². The van der Waals surface area contributed by atoms with Crippen LogP contribution in [-0.4, -0.2) is 37.1 Å². The highest BCUT2D eigenvalue weighted by Gasteiger charge is 2.38. The Bertz CT molecular complexity index is 632. The van der Waals surface area contributed by atoms with Crippen molar-refractivity contribution >= 4 is 11.3 Å². The summed E-state index contributed by atoms with van der Waals surface area (Å²) in [6.45, 7) is 2.46. The van der Waals surface area contributed by atoms with E-state index in [0.29, 0.717) is 12.0 Å². The molecule has 4 nitrogen and oxygen atoms in total. The van der Waals surface area contributed by atoms with E-state index in [2.05, 4.69) is 36.1 Å². The van der Waals surface area contributed by atoms with Crippen LogP contribution in [0.1, 0.15) is 24.1 Å². The lowest BCUT2D eigenvalue weighted by atomic mass is 9.69. The Morgan fingerprint density at radius 3 is 2.52 bits per heavy atom. The molecule has 1 aromatic heterocycles. The van der Waals surface area contributed by atoms with E-state index in [1.807, 2.05) is 18.3 Å². The van der Waals surface area contributed by atoms with Gasteiger partial charge in [0.1, 0.15) is 10.8 Å². The van der Waals surface area contributed by atoms with Gasteiger partial charge in [-0.2, -0.15) is 0 Å². The first kappa shape index (κ1) is 16.4. The Morgan fingerprint density at radius 1 is 1.26 bits per heavy atom. The summed E-state index contributed by atoms with van der Waals surface area (Å²) in [5.41, 5.74) is 7.11. The number of nitrogens with two attached hydrogens (primary N) is 1. The Hall–Kier alpha value is -1.43. The molecule has 0 atom stereocenters. The van der Waals surface area contributed by atoms with Crippen LogP contribution >= 0.6 is 11.3 Å². The number of benzene rings is 1. The van der Waals surface area contributed by atoms with E-state index in [4.69, 9.17) is 10.5 Å². The van der Waals surface area contributed by atoms with Gasteiger partial charge >= 0.3 is 0 Å². The molecule has 0 spiro atoms. The second-order valence-electron chi connectivity index (χ2n) is 6.74. The molecule has 0 unspecified atom stereocenters. The molecular weight excluding hydrogens is 306 g/mol. The van der Waals surface area contributed by atoms with E-state index in [0.717, 1.165) is 34.3 Å². The zero-order chi connectivity index (χ0) is 16.3. The van der Waals surface area contributed by atoms with E-state index in [1.54, 1.807) is 11.3 Å². The van der Waals surface area contributed by atoms with Crippen LogP contribution in [0.15, 0.2) is 30.5 Å². The van der Waals surface area contributed by atoms with Crippen molar-refractivity contribution in [2.75, 3.05) is 27.2 Å². The molecule has 2 N–H and O–H groups in total. The molecule has 0 radical (unpaired) electrons. The number of rotatable bonds is 7. The van der Waals surface area contributed by atoms with Gasteiger partial charge in [0, 0.05) is 35.1 Å². The highest BCUT2D eigenvalue weighted by molar-refractivity contribution is 7.15. The van der Waals surface area contributed by atoms with Crippen molar-refractivity contribution in [3.8, 4) is 16.3 Å². The molecule has 1 aliphatic rings. The van der Waals surface area contributed by atoms with Crippen molar-refractivity contribution < 1.29 is 4.74 Å². The summed E-state index contributed by atoms with van der Waals surface area (Å²) in [5, 5.41) is 1.01. The predicted molar refractivity (Wildman–Crippen MR) is 95.8 cm³/mol. The summed E-state index contributed by atoms with van der Waals surface area (Å²) in [6.07, 6.45) is 5.71. The fraction of sp³-hybridized carbons (Fsp3) is 0.500. The van der Waals surface area contributed by atoms with Crippen molar-refractivity contribution in [3.05, 3.63) is 35.3 Å². The summed E-state index contributed by atoms with van der Waals surface area (Å²) in [6, 6.07) is 8.24. The summed E-state index contributed by atoms with van der Waals surface area (Å²) < 4.78 is 6.07. The fourth-order valence-corrected chi connectivity index (χ4v) is 3.96. The summed E-state index contributed by atoms with van der Waals surface area (Å²) in [7, 11) is 4.27. The van der Waals surface area contributed by atoms with E-state index >= 15 is 0 Å². The van der Waals surface area contributed by atoms with E-state index in [9.17, 15) is 0 Å². The van der Waals surface area contributed by atoms with Gasteiger partial charge in [-0.05, 0) is 51.2 Å². The lowest BCUT2D eigenvalue weighted by Crippen LogP contribution is -2.44. The van der Waals surface area contributed by atoms with Gasteiger partial charge in [-0.15, -0.1) is 11.3 Å². The molecule has 0 aliphatic heterocycles. The molecule has 1 aromatic carbocycles. The second kappa shape index (κ2) is 6.99. The van der Waals surface area contributed by atoms with Crippen molar-refractivity contribution in [2.45, 2.75) is 25.8 Å². The van der Waals surface area contributed by atoms with Gasteiger partial charge in [-0.25, -0.2) is 4.98 Å². The maximum absolute atomic E-state index is 6.07. The molecule has 0 saturated heterocycles.